The zero-order valence-corrected chi connectivity index (χ0v) is 10.7. The highest BCUT2D eigenvalue weighted by atomic mass is 19.1. The summed E-state index contributed by atoms with van der Waals surface area (Å²) in [5.74, 6) is -1.47. The SMILES string of the molecule is O=C(CCn1cc([N+](=O)[O-])cn1)Nc1ccc(O)cc1F. The van der Waals surface area contributed by atoms with Crippen LogP contribution in [-0.4, -0.2) is 25.7 Å². The summed E-state index contributed by atoms with van der Waals surface area (Å²) in [4.78, 5) is 21.5. The summed E-state index contributed by atoms with van der Waals surface area (Å²) in [5.41, 5.74) is -0.218. The average Bonchev–Trinajstić information content (AvgIpc) is 2.89. The molecule has 0 saturated heterocycles. The second kappa shape index (κ2) is 5.99. The van der Waals surface area contributed by atoms with Gasteiger partial charge in [-0.25, -0.2) is 4.39 Å². The molecule has 1 heterocycles. The lowest BCUT2D eigenvalue weighted by atomic mass is 10.2. The predicted octanol–water partition coefficient (Wildman–Crippen LogP) is 1.66. The molecular weight excluding hydrogens is 283 g/mol. The van der Waals surface area contributed by atoms with Gasteiger partial charge in [0.05, 0.1) is 10.6 Å². The Morgan fingerprint density at radius 3 is 2.90 bits per heavy atom. The normalized spacial score (nSPS) is 10.3. The Bertz CT molecular complexity index is 686. The Balaban J connectivity index is 1.91. The first-order valence-electron chi connectivity index (χ1n) is 5.91. The van der Waals surface area contributed by atoms with Gasteiger partial charge in [-0.1, -0.05) is 0 Å². The van der Waals surface area contributed by atoms with E-state index in [0.717, 1.165) is 12.3 Å². The van der Waals surface area contributed by atoms with E-state index in [1.54, 1.807) is 0 Å². The Kier molecular flexibility index (Phi) is 4.12. The first-order chi connectivity index (χ1) is 9.95. The molecule has 110 valence electrons. The third-order valence-corrected chi connectivity index (χ3v) is 2.63. The number of phenols is 1. The number of nitrogens with one attached hydrogen (secondary N) is 1. The molecule has 9 heteroatoms. The van der Waals surface area contributed by atoms with E-state index < -0.39 is 16.6 Å². The van der Waals surface area contributed by atoms with Gasteiger partial charge in [0.15, 0.2) is 0 Å². The number of aromatic nitrogens is 2. The molecule has 0 bridgehead atoms. The Labute approximate surface area is 118 Å². The lowest BCUT2D eigenvalue weighted by Gasteiger charge is -2.06. The van der Waals surface area contributed by atoms with Crippen LogP contribution in [0.15, 0.2) is 30.6 Å². The van der Waals surface area contributed by atoms with Crippen molar-refractivity contribution >= 4 is 17.3 Å². The molecule has 0 saturated carbocycles. The van der Waals surface area contributed by atoms with Crippen molar-refractivity contribution in [2.45, 2.75) is 13.0 Å². The van der Waals surface area contributed by atoms with Gasteiger partial charge in [-0.2, -0.15) is 5.10 Å². The maximum atomic E-state index is 13.4. The van der Waals surface area contributed by atoms with Crippen molar-refractivity contribution in [2.24, 2.45) is 0 Å². The third kappa shape index (κ3) is 3.75. The number of carbonyl (C=O) groups is 1. The molecule has 0 aliphatic rings. The van der Waals surface area contributed by atoms with Gasteiger partial charge in [-0.05, 0) is 12.1 Å². The molecule has 0 unspecified atom stereocenters. The van der Waals surface area contributed by atoms with Crippen LogP contribution >= 0.6 is 0 Å². The molecule has 21 heavy (non-hydrogen) atoms. The van der Waals surface area contributed by atoms with Gasteiger partial charge in [-0.15, -0.1) is 0 Å². The second-order valence-corrected chi connectivity index (χ2v) is 4.18. The lowest BCUT2D eigenvalue weighted by Crippen LogP contribution is -2.15. The smallest absolute Gasteiger partial charge is 0.306 e. The van der Waals surface area contributed by atoms with Crippen LogP contribution in [0.3, 0.4) is 0 Å². The number of hydrogen-bond acceptors (Lipinski definition) is 5. The number of nitrogens with zero attached hydrogens (tertiary/aromatic N) is 3. The van der Waals surface area contributed by atoms with Gasteiger partial charge in [0.25, 0.3) is 0 Å². The van der Waals surface area contributed by atoms with E-state index >= 15 is 0 Å². The minimum Gasteiger partial charge on any atom is -0.508 e. The van der Waals surface area contributed by atoms with Crippen LogP contribution < -0.4 is 5.32 Å². The number of amides is 1. The fraction of sp³-hybridized carbons (Fsp3) is 0.167. The maximum Gasteiger partial charge on any atom is 0.306 e. The van der Waals surface area contributed by atoms with Crippen molar-refractivity contribution in [3.63, 3.8) is 0 Å². The number of anilines is 1. The highest BCUT2D eigenvalue weighted by Gasteiger charge is 2.11. The minimum atomic E-state index is -0.752. The molecule has 1 aromatic heterocycles. The summed E-state index contributed by atoms with van der Waals surface area (Å²) in [5, 5.41) is 25.6. The summed E-state index contributed by atoms with van der Waals surface area (Å²) < 4.78 is 14.7. The second-order valence-electron chi connectivity index (χ2n) is 4.18. The van der Waals surface area contributed by atoms with Crippen molar-refractivity contribution in [1.29, 1.82) is 0 Å². The number of phenolic OH excluding ortho intramolecular Hbond substituents is 1. The fourth-order valence-corrected chi connectivity index (χ4v) is 1.60. The molecule has 0 fully saturated rings. The Hall–Kier alpha value is -2.97. The van der Waals surface area contributed by atoms with Crippen molar-refractivity contribution in [3.05, 3.63) is 46.5 Å². The van der Waals surface area contributed by atoms with Crippen LogP contribution in [0.5, 0.6) is 5.75 Å². The number of carbonyl (C=O) groups excluding carboxylic acids is 1. The van der Waals surface area contributed by atoms with Crippen LogP contribution in [0.4, 0.5) is 15.8 Å². The standard InChI is InChI=1S/C12H11FN4O4/c13-10-5-9(18)1-2-11(10)15-12(19)3-4-16-7-8(6-14-16)17(20)21/h1-2,5-7,18H,3-4H2,(H,15,19). The Morgan fingerprint density at radius 2 is 2.29 bits per heavy atom. The molecule has 0 spiro atoms. The number of aromatic hydroxyl groups is 1. The van der Waals surface area contributed by atoms with Crippen LogP contribution in [-0.2, 0) is 11.3 Å². The van der Waals surface area contributed by atoms with Crippen LogP contribution in [0.2, 0.25) is 0 Å². The summed E-state index contributed by atoms with van der Waals surface area (Å²) in [6, 6.07) is 3.36. The first kappa shape index (κ1) is 14.4. The number of benzene rings is 1. The van der Waals surface area contributed by atoms with Crippen molar-refractivity contribution in [2.75, 3.05) is 5.32 Å². The van der Waals surface area contributed by atoms with E-state index in [9.17, 15) is 19.3 Å². The molecule has 2 rings (SSSR count). The molecule has 1 amide bonds. The van der Waals surface area contributed by atoms with Crippen LogP contribution in [0.1, 0.15) is 6.42 Å². The molecule has 0 aliphatic heterocycles. The van der Waals surface area contributed by atoms with Crippen LogP contribution in [0.25, 0.3) is 0 Å². The average molecular weight is 294 g/mol. The lowest BCUT2D eigenvalue weighted by molar-refractivity contribution is -0.385. The minimum absolute atomic E-state index is 0.0286. The summed E-state index contributed by atoms with van der Waals surface area (Å²) in [6.45, 7) is 0.124. The van der Waals surface area contributed by atoms with E-state index in [2.05, 4.69) is 10.4 Å². The van der Waals surface area contributed by atoms with E-state index in [0.29, 0.717) is 0 Å². The van der Waals surface area contributed by atoms with Crippen molar-refractivity contribution in [1.82, 2.24) is 9.78 Å². The largest absolute Gasteiger partial charge is 0.508 e. The molecule has 1 aromatic carbocycles. The highest BCUT2D eigenvalue weighted by molar-refractivity contribution is 5.90. The van der Waals surface area contributed by atoms with E-state index in [-0.39, 0.29) is 30.1 Å². The zero-order valence-electron chi connectivity index (χ0n) is 10.7. The van der Waals surface area contributed by atoms with E-state index in [1.807, 2.05) is 0 Å². The monoisotopic (exact) mass is 294 g/mol. The van der Waals surface area contributed by atoms with Gasteiger partial charge in [0, 0.05) is 19.0 Å². The molecule has 8 nitrogen and oxygen atoms in total. The number of hydrogen-bond donors (Lipinski definition) is 2. The summed E-state index contributed by atoms with van der Waals surface area (Å²) >= 11 is 0. The summed E-state index contributed by atoms with van der Waals surface area (Å²) in [6.07, 6.45) is 2.26. The molecule has 2 aromatic rings. The third-order valence-electron chi connectivity index (χ3n) is 2.63. The van der Waals surface area contributed by atoms with E-state index in [4.69, 9.17) is 5.11 Å². The van der Waals surface area contributed by atoms with E-state index in [1.165, 1.54) is 23.0 Å². The molecular formula is C12H11FN4O4. The fourth-order valence-electron chi connectivity index (χ4n) is 1.60. The predicted molar refractivity (Wildman–Crippen MR) is 70.2 cm³/mol. The number of aryl methyl sites for hydroxylation is 1. The number of halogens is 1. The van der Waals surface area contributed by atoms with Crippen LogP contribution in [0, 0.1) is 15.9 Å². The number of rotatable bonds is 5. The molecule has 0 aliphatic carbocycles. The van der Waals surface area contributed by atoms with Crippen molar-refractivity contribution < 1.29 is 19.2 Å². The van der Waals surface area contributed by atoms with Gasteiger partial charge in [0.2, 0.25) is 5.91 Å². The van der Waals surface area contributed by atoms with Gasteiger partial charge in [0.1, 0.15) is 24.0 Å². The van der Waals surface area contributed by atoms with Gasteiger partial charge in [-0.3, -0.25) is 19.6 Å². The molecule has 0 atom stereocenters. The quantitative estimate of drug-likeness (QED) is 0.495. The zero-order chi connectivity index (χ0) is 15.4. The highest BCUT2D eigenvalue weighted by Crippen LogP contribution is 2.19. The van der Waals surface area contributed by atoms with Gasteiger partial charge >= 0.3 is 5.69 Å². The number of nitro groups is 1. The van der Waals surface area contributed by atoms with Gasteiger partial charge < -0.3 is 10.4 Å². The maximum absolute atomic E-state index is 13.4. The topological polar surface area (TPSA) is 110 Å². The van der Waals surface area contributed by atoms with Crippen molar-refractivity contribution in [3.8, 4) is 5.75 Å². The molecule has 0 radical (unpaired) electrons. The summed E-state index contributed by atoms with van der Waals surface area (Å²) in [7, 11) is 0. The Morgan fingerprint density at radius 1 is 1.52 bits per heavy atom. The molecule has 2 N–H and O–H groups in total. The first-order valence-corrected chi connectivity index (χ1v) is 5.91.